The van der Waals surface area contributed by atoms with Gasteiger partial charge in [-0.3, -0.25) is 4.99 Å². The Labute approximate surface area is 135 Å². The fourth-order valence-corrected chi connectivity index (χ4v) is 2.41. The Hall–Kier alpha value is -0.0400. The molecule has 0 N–H and O–H groups in total. The predicted molar refractivity (Wildman–Crippen MR) is 92.5 cm³/mol. The standard InChI is InChI=1S/C14H29N3O.HI/c1-16(2)14(17(3)4)15-11-8-12-18-13-9-6-5-7-10-13;/h13H,5-12H2,1-4H3;1H. The SMILES string of the molecule is CN(C)C(=NCCCOC1CCCCC1)N(C)C.I. The summed E-state index contributed by atoms with van der Waals surface area (Å²) in [5.41, 5.74) is 0. The molecule has 0 aliphatic heterocycles. The summed E-state index contributed by atoms with van der Waals surface area (Å²) in [5, 5.41) is 0. The first-order chi connectivity index (χ1) is 8.61. The van der Waals surface area contributed by atoms with Gasteiger partial charge in [-0.25, -0.2) is 0 Å². The molecule has 0 spiro atoms. The van der Waals surface area contributed by atoms with E-state index in [9.17, 15) is 0 Å². The van der Waals surface area contributed by atoms with Gasteiger partial charge in [-0.15, -0.1) is 24.0 Å². The molecule has 1 fully saturated rings. The van der Waals surface area contributed by atoms with Gasteiger partial charge in [0.15, 0.2) is 5.96 Å². The zero-order valence-corrected chi connectivity index (χ0v) is 15.2. The van der Waals surface area contributed by atoms with Gasteiger partial charge in [-0.1, -0.05) is 19.3 Å². The highest BCUT2D eigenvalue weighted by Crippen LogP contribution is 2.20. The number of hydrogen-bond donors (Lipinski definition) is 0. The quantitative estimate of drug-likeness (QED) is 0.316. The molecule has 1 aliphatic carbocycles. The van der Waals surface area contributed by atoms with Crippen molar-refractivity contribution < 1.29 is 4.74 Å². The van der Waals surface area contributed by atoms with E-state index in [0.29, 0.717) is 6.10 Å². The molecule has 1 saturated carbocycles. The van der Waals surface area contributed by atoms with Gasteiger partial charge in [0, 0.05) is 41.3 Å². The second kappa shape index (κ2) is 10.7. The first kappa shape index (κ1) is 19.0. The molecule has 0 aromatic carbocycles. The van der Waals surface area contributed by atoms with Gasteiger partial charge in [0.2, 0.25) is 0 Å². The Morgan fingerprint density at radius 2 is 1.63 bits per heavy atom. The lowest BCUT2D eigenvalue weighted by molar-refractivity contribution is 0.0281. The maximum atomic E-state index is 5.89. The molecule has 0 unspecified atom stereocenters. The Morgan fingerprint density at radius 3 is 2.16 bits per heavy atom. The van der Waals surface area contributed by atoms with Crippen LogP contribution >= 0.6 is 24.0 Å². The van der Waals surface area contributed by atoms with Crippen molar-refractivity contribution in [3.8, 4) is 0 Å². The molecule has 0 amide bonds. The number of nitrogens with zero attached hydrogens (tertiary/aromatic N) is 3. The zero-order valence-electron chi connectivity index (χ0n) is 12.9. The van der Waals surface area contributed by atoms with Gasteiger partial charge in [-0.2, -0.15) is 0 Å². The van der Waals surface area contributed by atoms with Crippen LogP contribution in [-0.2, 0) is 4.74 Å². The molecule has 19 heavy (non-hydrogen) atoms. The molecular weight excluding hydrogens is 353 g/mol. The second-order valence-electron chi connectivity index (χ2n) is 5.45. The molecule has 5 heteroatoms. The molecule has 0 aromatic rings. The summed E-state index contributed by atoms with van der Waals surface area (Å²) in [7, 11) is 8.10. The highest BCUT2D eigenvalue weighted by atomic mass is 127. The minimum absolute atomic E-state index is 0. The molecule has 0 saturated heterocycles. The highest BCUT2D eigenvalue weighted by molar-refractivity contribution is 14.0. The van der Waals surface area contributed by atoms with E-state index < -0.39 is 0 Å². The van der Waals surface area contributed by atoms with Crippen LogP contribution < -0.4 is 0 Å². The van der Waals surface area contributed by atoms with E-state index in [1.807, 2.05) is 38.0 Å². The lowest BCUT2D eigenvalue weighted by Crippen LogP contribution is -2.35. The fraction of sp³-hybridized carbons (Fsp3) is 0.929. The monoisotopic (exact) mass is 383 g/mol. The van der Waals surface area contributed by atoms with E-state index in [1.165, 1.54) is 32.1 Å². The molecule has 0 aromatic heterocycles. The van der Waals surface area contributed by atoms with Crippen LogP contribution in [0.4, 0.5) is 0 Å². The Kier molecular flexibility index (Phi) is 10.7. The van der Waals surface area contributed by atoms with Crippen molar-refractivity contribution in [3.05, 3.63) is 0 Å². The molecule has 4 nitrogen and oxygen atoms in total. The average molecular weight is 383 g/mol. The third-order valence-corrected chi connectivity index (χ3v) is 3.26. The number of ether oxygens (including phenoxy) is 1. The van der Waals surface area contributed by atoms with Gasteiger partial charge in [0.1, 0.15) is 0 Å². The second-order valence-corrected chi connectivity index (χ2v) is 5.45. The molecule has 1 aliphatic rings. The van der Waals surface area contributed by atoms with E-state index in [-0.39, 0.29) is 24.0 Å². The minimum atomic E-state index is 0. The van der Waals surface area contributed by atoms with Crippen LogP contribution in [0.3, 0.4) is 0 Å². The summed E-state index contributed by atoms with van der Waals surface area (Å²) in [4.78, 5) is 8.68. The van der Waals surface area contributed by atoms with Crippen molar-refractivity contribution in [3.63, 3.8) is 0 Å². The minimum Gasteiger partial charge on any atom is -0.378 e. The average Bonchev–Trinajstić information content (AvgIpc) is 2.34. The first-order valence-corrected chi connectivity index (χ1v) is 7.12. The zero-order chi connectivity index (χ0) is 13.4. The fourth-order valence-electron chi connectivity index (χ4n) is 2.41. The van der Waals surface area contributed by atoms with E-state index in [4.69, 9.17) is 4.74 Å². The van der Waals surface area contributed by atoms with Crippen molar-refractivity contribution in [2.75, 3.05) is 41.3 Å². The highest BCUT2D eigenvalue weighted by Gasteiger charge is 2.12. The van der Waals surface area contributed by atoms with E-state index >= 15 is 0 Å². The largest absolute Gasteiger partial charge is 0.378 e. The van der Waals surface area contributed by atoms with Crippen LogP contribution in [-0.4, -0.2) is 63.2 Å². The number of rotatable bonds is 5. The molecule has 1 rings (SSSR count). The molecule has 0 atom stereocenters. The van der Waals surface area contributed by atoms with Gasteiger partial charge < -0.3 is 14.5 Å². The van der Waals surface area contributed by atoms with E-state index in [2.05, 4.69) is 4.99 Å². The van der Waals surface area contributed by atoms with Crippen LogP contribution in [0.25, 0.3) is 0 Å². The normalized spacial score (nSPS) is 15.6. The summed E-state index contributed by atoms with van der Waals surface area (Å²) in [6.07, 6.45) is 8.11. The van der Waals surface area contributed by atoms with Crippen molar-refractivity contribution >= 4 is 29.9 Å². The first-order valence-electron chi connectivity index (χ1n) is 7.12. The number of halogens is 1. The van der Waals surface area contributed by atoms with Crippen LogP contribution in [0.5, 0.6) is 0 Å². The lowest BCUT2D eigenvalue weighted by atomic mass is 9.98. The number of hydrogen-bond acceptors (Lipinski definition) is 2. The van der Waals surface area contributed by atoms with E-state index in [1.54, 1.807) is 0 Å². The Balaban J connectivity index is 0.00000324. The molecule has 0 bridgehead atoms. The third-order valence-electron chi connectivity index (χ3n) is 3.26. The molecule has 114 valence electrons. The van der Waals surface area contributed by atoms with Crippen molar-refractivity contribution in [1.82, 2.24) is 9.80 Å². The van der Waals surface area contributed by atoms with Gasteiger partial charge in [0.05, 0.1) is 6.10 Å². The maximum Gasteiger partial charge on any atom is 0.195 e. The summed E-state index contributed by atoms with van der Waals surface area (Å²) in [6.45, 7) is 1.70. The predicted octanol–water partition coefficient (Wildman–Crippen LogP) is 2.82. The van der Waals surface area contributed by atoms with Crippen molar-refractivity contribution in [2.24, 2.45) is 4.99 Å². The van der Waals surface area contributed by atoms with E-state index in [0.717, 1.165) is 25.5 Å². The maximum absolute atomic E-state index is 5.89. The topological polar surface area (TPSA) is 28.1 Å². The van der Waals surface area contributed by atoms with Crippen LogP contribution in [0.2, 0.25) is 0 Å². The van der Waals surface area contributed by atoms with Crippen LogP contribution in [0.1, 0.15) is 38.5 Å². The van der Waals surface area contributed by atoms with Crippen LogP contribution in [0, 0.1) is 0 Å². The van der Waals surface area contributed by atoms with Crippen molar-refractivity contribution in [2.45, 2.75) is 44.6 Å². The van der Waals surface area contributed by atoms with Crippen molar-refractivity contribution in [1.29, 1.82) is 0 Å². The summed E-state index contributed by atoms with van der Waals surface area (Å²) >= 11 is 0. The Bertz CT molecular complexity index is 241. The summed E-state index contributed by atoms with van der Waals surface area (Å²) < 4.78 is 5.89. The molecular formula is C14H30IN3O. The number of guanidine groups is 1. The third kappa shape index (κ3) is 7.97. The molecule has 0 radical (unpaired) electrons. The summed E-state index contributed by atoms with van der Waals surface area (Å²) in [6, 6.07) is 0. The van der Waals surface area contributed by atoms with Gasteiger partial charge >= 0.3 is 0 Å². The van der Waals surface area contributed by atoms with Gasteiger partial charge in [-0.05, 0) is 19.3 Å². The smallest absolute Gasteiger partial charge is 0.195 e. The lowest BCUT2D eigenvalue weighted by Gasteiger charge is -2.23. The van der Waals surface area contributed by atoms with Crippen LogP contribution in [0.15, 0.2) is 4.99 Å². The summed E-state index contributed by atoms with van der Waals surface area (Å²) in [5.74, 6) is 1.02. The van der Waals surface area contributed by atoms with Gasteiger partial charge in [0.25, 0.3) is 0 Å². The molecule has 0 heterocycles. The Morgan fingerprint density at radius 1 is 1.05 bits per heavy atom. The number of aliphatic imine (C=N–C) groups is 1.